The van der Waals surface area contributed by atoms with Gasteiger partial charge < -0.3 is 45.2 Å². The number of phosphoric ester groups is 1. The number of anilines is 2. The lowest BCUT2D eigenvalue weighted by atomic mass is 10.1. The van der Waals surface area contributed by atoms with E-state index in [4.69, 9.17) is 20.3 Å². The lowest BCUT2D eigenvalue weighted by molar-refractivity contribution is -0.0496. The van der Waals surface area contributed by atoms with Crippen LogP contribution < -0.4 is 16.2 Å². The summed E-state index contributed by atoms with van der Waals surface area (Å²) in [5.41, 5.74) is 4.79. The topological polar surface area (TPSA) is 302 Å². The molecule has 2 aliphatic rings. The minimum atomic E-state index is -5.76. The zero-order valence-corrected chi connectivity index (χ0v) is 21.2. The van der Waals surface area contributed by atoms with Crippen LogP contribution in [0.1, 0.15) is 19.1 Å². The summed E-state index contributed by atoms with van der Waals surface area (Å²) in [6.45, 7) is 0.0926. The number of nitrogen functional groups attached to an aromatic ring is 1. The van der Waals surface area contributed by atoms with Crippen molar-refractivity contribution in [1.29, 1.82) is 0 Å². The van der Waals surface area contributed by atoms with E-state index in [1.807, 2.05) is 0 Å². The van der Waals surface area contributed by atoms with Crippen LogP contribution in [-0.4, -0.2) is 87.3 Å². The SMILES string of the molecule is Nc1nc2c(nc(N3CCCC3)n2[C@@H]2O[C@H](COP(=O)(O)OP(=O)(O)OP(=O)(O)O)C(O)C2O)c(=O)[nH]1. The van der Waals surface area contributed by atoms with Crippen LogP contribution in [0.15, 0.2) is 4.79 Å². The number of hydrogen-bond donors (Lipinski definition) is 8. The quantitative estimate of drug-likeness (QED) is 0.150. The Morgan fingerprint density at radius 3 is 2.30 bits per heavy atom. The highest BCUT2D eigenvalue weighted by atomic mass is 31.3. The molecule has 2 saturated heterocycles. The number of aromatic amines is 1. The second-order valence-corrected chi connectivity index (χ2v) is 12.5. The van der Waals surface area contributed by atoms with Crippen molar-refractivity contribution in [3.8, 4) is 0 Å². The maximum Gasteiger partial charge on any atom is 0.490 e. The molecule has 0 spiro atoms. The molecule has 2 aromatic heterocycles. The Labute approximate surface area is 206 Å². The predicted octanol–water partition coefficient (Wildman–Crippen LogP) is -1.74. The maximum atomic E-state index is 12.4. The highest BCUT2D eigenvalue weighted by Crippen LogP contribution is 2.66. The third kappa shape index (κ3) is 6.29. The predicted molar refractivity (Wildman–Crippen MR) is 120 cm³/mol. The summed E-state index contributed by atoms with van der Waals surface area (Å²) in [6.07, 6.45) is -4.84. The average molecular weight is 592 g/mol. The molecule has 2 fully saturated rings. The molecule has 0 aromatic carbocycles. The summed E-state index contributed by atoms with van der Waals surface area (Å²) in [5.74, 6) is -0.0789. The van der Waals surface area contributed by atoms with E-state index in [1.165, 1.54) is 4.57 Å². The molecule has 208 valence electrons. The van der Waals surface area contributed by atoms with E-state index < -0.39 is 60.2 Å². The van der Waals surface area contributed by atoms with E-state index in [0.717, 1.165) is 12.8 Å². The fourth-order valence-corrected chi connectivity index (χ4v) is 6.94. The van der Waals surface area contributed by atoms with Crippen molar-refractivity contribution in [3.05, 3.63) is 10.4 Å². The number of fused-ring (bicyclic) bond motifs is 1. The highest BCUT2D eigenvalue weighted by Gasteiger charge is 2.48. The minimum Gasteiger partial charge on any atom is -0.387 e. The van der Waals surface area contributed by atoms with Crippen molar-refractivity contribution in [2.45, 2.75) is 37.4 Å². The average Bonchev–Trinajstić information content (AvgIpc) is 3.43. The summed E-state index contributed by atoms with van der Waals surface area (Å²) in [6, 6.07) is 0. The van der Waals surface area contributed by atoms with Crippen LogP contribution in [-0.2, 0) is 31.6 Å². The summed E-state index contributed by atoms with van der Waals surface area (Å²) in [4.78, 5) is 60.9. The Morgan fingerprint density at radius 1 is 1.03 bits per heavy atom. The number of H-pyrrole nitrogens is 1. The first kappa shape index (κ1) is 28.3. The number of aromatic nitrogens is 4. The third-order valence-corrected chi connectivity index (χ3v) is 9.15. The van der Waals surface area contributed by atoms with Gasteiger partial charge in [0.1, 0.15) is 18.3 Å². The number of aliphatic hydroxyl groups excluding tert-OH is 2. The lowest BCUT2D eigenvalue weighted by Gasteiger charge is -2.24. The maximum absolute atomic E-state index is 12.4. The molecule has 4 unspecified atom stereocenters. The Balaban J connectivity index is 1.57. The normalized spacial score (nSPS) is 28.0. The van der Waals surface area contributed by atoms with E-state index in [9.17, 15) is 38.5 Å². The molecule has 0 aliphatic carbocycles. The highest BCUT2D eigenvalue weighted by molar-refractivity contribution is 7.66. The van der Waals surface area contributed by atoms with Crippen molar-refractivity contribution in [1.82, 2.24) is 19.5 Å². The van der Waals surface area contributed by atoms with Crippen molar-refractivity contribution in [3.63, 3.8) is 0 Å². The molecule has 9 N–H and O–H groups in total. The van der Waals surface area contributed by atoms with E-state index >= 15 is 0 Å². The molecule has 0 amide bonds. The number of aliphatic hydroxyl groups is 2. The number of rotatable bonds is 9. The number of nitrogens with two attached hydrogens (primary N) is 1. The fraction of sp³-hybridized carbons (Fsp3) is 0.643. The molecule has 0 radical (unpaired) electrons. The first-order chi connectivity index (χ1) is 17.1. The summed E-state index contributed by atoms with van der Waals surface area (Å²) < 4.78 is 52.8. The van der Waals surface area contributed by atoms with Crippen molar-refractivity contribution in [2.75, 3.05) is 30.3 Å². The van der Waals surface area contributed by atoms with Crippen LogP contribution in [0.2, 0.25) is 0 Å². The number of imidazole rings is 1. The first-order valence-electron chi connectivity index (χ1n) is 10.4. The summed E-state index contributed by atoms with van der Waals surface area (Å²) >= 11 is 0. The molecule has 4 rings (SSSR count). The molecule has 2 aromatic rings. The second kappa shape index (κ2) is 10.1. The van der Waals surface area contributed by atoms with Gasteiger partial charge in [-0.1, -0.05) is 0 Å². The van der Waals surface area contributed by atoms with Gasteiger partial charge in [-0.2, -0.15) is 13.6 Å². The van der Waals surface area contributed by atoms with Gasteiger partial charge in [0.2, 0.25) is 11.9 Å². The van der Waals surface area contributed by atoms with Gasteiger partial charge in [0.25, 0.3) is 5.56 Å². The lowest BCUT2D eigenvalue weighted by Crippen LogP contribution is -2.34. The molecule has 37 heavy (non-hydrogen) atoms. The molecular weight excluding hydrogens is 569 g/mol. The van der Waals surface area contributed by atoms with Crippen molar-refractivity contribution >= 4 is 46.5 Å². The second-order valence-electron chi connectivity index (χ2n) is 8.03. The zero-order chi connectivity index (χ0) is 27.3. The molecule has 2 aliphatic heterocycles. The van der Waals surface area contributed by atoms with Crippen LogP contribution in [0.3, 0.4) is 0 Å². The van der Waals surface area contributed by atoms with Gasteiger partial charge in [-0.25, -0.2) is 18.7 Å². The van der Waals surface area contributed by atoms with Gasteiger partial charge in [0, 0.05) is 13.1 Å². The number of nitrogens with one attached hydrogen (secondary N) is 1. The van der Waals surface area contributed by atoms with E-state index in [2.05, 4.69) is 28.1 Å². The molecular formula is C14H23N6O14P3. The number of hydrogen-bond acceptors (Lipinski definition) is 14. The fourth-order valence-electron chi connectivity index (χ4n) is 3.91. The zero-order valence-electron chi connectivity index (χ0n) is 18.5. The standard InChI is InChI=1S/C14H23N6O14P3/c15-13-17-10-7(11(23)18-13)16-14(19-3-1-2-4-19)20(10)12-9(22)8(21)6(32-12)5-31-36(27,28)34-37(29,30)33-35(24,25)26/h6,8-9,12,21-22H,1-5H2,(H,27,28)(H,29,30)(H2,24,25,26)(H3,15,17,18,23)/t6-,8?,9?,12-/m1/s1. The van der Waals surface area contributed by atoms with Gasteiger partial charge >= 0.3 is 23.5 Å². The molecule has 20 nitrogen and oxygen atoms in total. The van der Waals surface area contributed by atoms with Gasteiger partial charge in [-0.05, 0) is 12.8 Å². The summed E-state index contributed by atoms with van der Waals surface area (Å²) in [7, 11) is -16.9. The smallest absolute Gasteiger partial charge is 0.387 e. The third-order valence-electron chi connectivity index (χ3n) is 5.35. The first-order valence-corrected chi connectivity index (χ1v) is 14.9. The van der Waals surface area contributed by atoms with E-state index in [1.54, 1.807) is 4.90 Å². The molecule has 6 atom stereocenters. The van der Waals surface area contributed by atoms with Crippen LogP contribution in [0.4, 0.5) is 11.9 Å². The minimum absolute atomic E-state index is 0.0760. The van der Waals surface area contributed by atoms with Gasteiger partial charge in [-0.15, -0.1) is 0 Å². The molecule has 23 heteroatoms. The van der Waals surface area contributed by atoms with Crippen molar-refractivity contribution in [2.24, 2.45) is 0 Å². The monoisotopic (exact) mass is 592 g/mol. The van der Waals surface area contributed by atoms with Crippen LogP contribution in [0, 0.1) is 0 Å². The van der Waals surface area contributed by atoms with Crippen LogP contribution >= 0.6 is 23.5 Å². The van der Waals surface area contributed by atoms with Gasteiger partial charge in [0.05, 0.1) is 6.61 Å². The number of phosphoric acid groups is 3. The van der Waals surface area contributed by atoms with Crippen LogP contribution in [0.25, 0.3) is 11.2 Å². The van der Waals surface area contributed by atoms with Gasteiger partial charge in [0.15, 0.2) is 17.4 Å². The van der Waals surface area contributed by atoms with Crippen molar-refractivity contribution < 1.29 is 61.4 Å². The summed E-state index contributed by atoms with van der Waals surface area (Å²) in [5, 5.41) is 21.2. The largest absolute Gasteiger partial charge is 0.490 e. The molecule has 0 bridgehead atoms. The Kier molecular flexibility index (Phi) is 7.70. The van der Waals surface area contributed by atoms with Crippen LogP contribution in [0.5, 0.6) is 0 Å². The molecule has 4 heterocycles. The number of ether oxygens (including phenoxy) is 1. The Hall–Kier alpha value is -1.76. The van der Waals surface area contributed by atoms with E-state index in [0.29, 0.717) is 13.1 Å². The van der Waals surface area contributed by atoms with E-state index in [-0.39, 0.29) is 23.1 Å². The Morgan fingerprint density at radius 2 is 1.68 bits per heavy atom. The number of nitrogens with zero attached hydrogens (tertiary/aromatic N) is 4. The molecule has 0 saturated carbocycles. The van der Waals surface area contributed by atoms with Gasteiger partial charge in [-0.3, -0.25) is 18.9 Å². The Bertz CT molecular complexity index is 1370.